The molecular weight excluding hydrogens is 513 g/mol. The van der Waals surface area contributed by atoms with Crippen LogP contribution in [0.3, 0.4) is 0 Å². The number of anilines is 2. The van der Waals surface area contributed by atoms with Gasteiger partial charge in [0.1, 0.15) is 0 Å². The van der Waals surface area contributed by atoms with Gasteiger partial charge in [0.05, 0.1) is 23.7 Å². The number of amides is 2. The molecule has 0 radical (unpaired) electrons. The van der Waals surface area contributed by atoms with Gasteiger partial charge in [0, 0.05) is 45.3 Å². The molecule has 13 heteroatoms. The fourth-order valence-corrected chi connectivity index (χ4v) is 4.58. The Bertz CT molecular complexity index is 1300. The number of aromatic nitrogens is 3. The molecule has 198 valence electrons. The lowest BCUT2D eigenvalue weighted by molar-refractivity contribution is -0.189. The zero-order chi connectivity index (χ0) is 26.9. The molecule has 0 saturated carbocycles. The molecule has 1 aromatic carbocycles. The van der Waals surface area contributed by atoms with Crippen LogP contribution in [0.4, 0.5) is 24.5 Å². The summed E-state index contributed by atoms with van der Waals surface area (Å²) in [5.74, 6) is -1.20. The molecule has 1 aliphatic rings. The monoisotopic (exact) mass is 538 g/mol. The summed E-state index contributed by atoms with van der Waals surface area (Å²) in [5.41, 5.74) is 2.09. The Hall–Kier alpha value is -3.38. The van der Waals surface area contributed by atoms with E-state index in [1.807, 2.05) is 6.92 Å². The van der Waals surface area contributed by atoms with Crippen LogP contribution >= 0.6 is 11.6 Å². The lowest BCUT2D eigenvalue weighted by Gasteiger charge is -2.31. The van der Waals surface area contributed by atoms with Crippen LogP contribution in [0, 0.1) is 5.92 Å². The number of nitrogens with zero attached hydrogens (tertiary/aromatic N) is 4. The maximum Gasteiger partial charge on any atom is 0.413 e. The summed E-state index contributed by atoms with van der Waals surface area (Å²) in [4.78, 5) is 29.1. The lowest BCUT2D eigenvalue weighted by Crippen LogP contribution is -2.40. The van der Waals surface area contributed by atoms with Crippen molar-refractivity contribution in [1.29, 1.82) is 0 Å². The Kier molecular flexibility index (Phi) is 7.60. The molecule has 0 spiro atoms. The van der Waals surface area contributed by atoms with Crippen LogP contribution in [0.25, 0.3) is 5.65 Å². The summed E-state index contributed by atoms with van der Waals surface area (Å²) in [6, 6.07) is 5.10. The van der Waals surface area contributed by atoms with Gasteiger partial charge in [0.2, 0.25) is 11.8 Å². The minimum Gasteiger partial charge on any atom is -0.375 e. The van der Waals surface area contributed by atoms with Gasteiger partial charge >= 0.3 is 6.18 Å². The highest BCUT2D eigenvalue weighted by Crippen LogP contribution is 2.38. The average molecular weight is 539 g/mol. The van der Waals surface area contributed by atoms with Crippen molar-refractivity contribution >= 4 is 40.4 Å². The van der Waals surface area contributed by atoms with Crippen molar-refractivity contribution in [3.63, 3.8) is 0 Å². The van der Waals surface area contributed by atoms with Crippen LogP contribution < -0.4 is 10.6 Å². The zero-order valence-corrected chi connectivity index (χ0v) is 21.1. The molecule has 2 amide bonds. The van der Waals surface area contributed by atoms with Crippen molar-refractivity contribution in [2.45, 2.75) is 38.1 Å². The van der Waals surface area contributed by atoms with Gasteiger partial charge in [-0.2, -0.15) is 18.3 Å². The van der Waals surface area contributed by atoms with Gasteiger partial charge in [-0.25, -0.2) is 9.50 Å². The largest absolute Gasteiger partial charge is 0.413 e. The summed E-state index contributed by atoms with van der Waals surface area (Å²) in [7, 11) is 2.67. The average Bonchev–Trinajstić information content (AvgIpc) is 3.42. The van der Waals surface area contributed by atoms with Gasteiger partial charge in [-0.3, -0.25) is 9.59 Å². The highest BCUT2D eigenvalue weighted by Gasteiger charge is 2.45. The van der Waals surface area contributed by atoms with Crippen LogP contribution in [0.15, 0.2) is 36.5 Å². The van der Waals surface area contributed by atoms with Crippen molar-refractivity contribution in [2.24, 2.45) is 5.92 Å². The third-order valence-electron chi connectivity index (χ3n) is 6.35. The molecule has 3 heterocycles. The SMILES string of the molecule is CO[C@@H](C)c1c(Nc2ccc([C@H](N(C)C(=O)C[C@H]3CNC(=O)C3)C(F)(F)F)cc2)cnc2cc(Cl)nn12. The first-order chi connectivity index (χ1) is 17.5. The van der Waals surface area contributed by atoms with Crippen LogP contribution in [-0.2, 0) is 14.3 Å². The molecule has 4 rings (SSSR count). The van der Waals surface area contributed by atoms with Gasteiger partial charge in [-0.1, -0.05) is 23.7 Å². The van der Waals surface area contributed by atoms with E-state index in [-0.39, 0.29) is 41.9 Å². The van der Waals surface area contributed by atoms with Gasteiger partial charge in [-0.15, -0.1) is 0 Å². The number of halogens is 4. The van der Waals surface area contributed by atoms with Gasteiger partial charge < -0.3 is 20.3 Å². The number of alkyl halides is 3. The van der Waals surface area contributed by atoms with Crippen LogP contribution in [0.2, 0.25) is 5.15 Å². The maximum atomic E-state index is 14.1. The second-order valence-electron chi connectivity index (χ2n) is 8.95. The number of carbonyl (C=O) groups is 2. The van der Waals surface area contributed by atoms with E-state index in [9.17, 15) is 22.8 Å². The molecule has 9 nitrogen and oxygen atoms in total. The fourth-order valence-electron chi connectivity index (χ4n) is 4.40. The number of methoxy groups -OCH3 is 1. The molecule has 3 atom stereocenters. The minimum absolute atomic E-state index is 0.0903. The number of hydrogen-bond acceptors (Lipinski definition) is 6. The number of carbonyl (C=O) groups excluding carboxylic acids is 2. The Morgan fingerprint density at radius 3 is 2.65 bits per heavy atom. The predicted molar refractivity (Wildman–Crippen MR) is 130 cm³/mol. The first kappa shape index (κ1) is 26.7. The smallest absolute Gasteiger partial charge is 0.375 e. The first-order valence-electron chi connectivity index (χ1n) is 11.5. The quantitative estimate of drug-likeness (QED) is 0.440. The number of benzene rings is 1. The molecule has 0 unspecified atom stereocenters. The van der Waals surface area contributed by atoms with E-state index in [1.165, 1.54) is 31.4 Å². The van der Waals surface area contributed by atoms with Crippen LogP contribution in [-0.4, -0.2) is 58.2 Å². The van der Waals surface area contributed by atoms with Crippen molar-refractivity contribution in [3.8, 4) is 0 Å². The van der Waals surface area contributed by atoms with E-state index in [4.69, 9.17) is 16.3 Å². The Labute approximate surface area is 215 Å². The second kappa shape index (κ2) is 10.5. The summed E-state index contributed by atoms with van der Waals surface area (Å²) >= 11 is 6.03. The molecule has 2 N–H and O–H groups in total. The van der Waals surface area contributed by atoms with Crippen LogP contribution in [0.1, 0.15) is 43.2 Å². The Morgan fingerprint density at radius 1 is 1.35 bits per heavy atom. The maximum absolute atomic E-state index is 14.1. The number of fused-ring (bicyclic) bond motifs is 1. The highest BCUT2D eigenvalue weighted by molar-refractivity contribution is 6.29. The molecular formula is C24H26ClF3N6O3. The van der Waals surface area contributed by atoms with E-state index in [1.54, 1.807) is 16.8 Å². The first-order valence-corrected chi connectivity index (χ1v) is 11.9. The third kappa shape index (κ3) is 5.80. The second-order valence-corrected chi connectivity index (χ2v) is 9.33. The van der Waals surface area contributed by atoms with E-state index >= 15 is 0 Å². The molecule has 0 aliphatic carbocycles. The van der Waals surface area contributed by atoms with Crippen molar-refractivity contribution < 1.29 is 27.5 Å². The zero-order valence-electron chi connectivity index (χ0n) is 20.3. The normalized spacial score (nSPS) is 17.5. The predicted octanol–water partition coefficient (Wildman–Crippen LogP) is 4.42. The molecule has 3 aromatic rings. The summed E-state index contributed by atoms with van der Waals surface area (Å²) < 4.78 is 49.2. The number of hydrogen-bond donors (Lipinski definition) is 2. The fraction of sp³-hybridized carbons (Fsp3) is 0.417. The summed E-state index contributed by atoms with van der Waals surface area (Å²) in [6.45, 7) is 2.10. The Morgan fingerprint density at radius 2 is 2.05 bits per heavy atom. The molecule has 1 fully saturated rings. The number of ether oxygens (including phenoxy) is 1. The van der Waals surface area contributed by atoms with Crippen molar-refractivity contribution in [1.82, 2.24) is 24.8 Å². The molecule has 37 heavy (non-hydrogen) atoms. The number of rotatable bonds is 8. The molecule has 1 saturated heterocycles. The Balaban J connectivity index is 1.57. The van der Waals surface area contributed by atoms with Gasteiger partial charge in [0.25, 0.3) is 0 Å². The minimum atomic E-state index is -4.70. The molecule has 0 bridgehead atoms. The summed E-state index contributed by atoms with van der Waals surface area (Å²) in [6.07, 6.45) is -3.54. The van der Waals surface area contributed by atoms with E-state index in [0.29, 0.717) is 27.6 Å². The van der Waals surface area contributed by atoms with Crippen LogP contribution in [0.5, 0.6) is 0 Å². The molecule has 2 aromatic heterocycles. The standard InChI is InChI=1S/C24H26ClF3N6O3/c1-13(37-3)22-17(12-29-19-10-18(25)32-34(19)22)31-16-6-4-15(5-7-16)23(24(26,27)28)33(2)21(36)9-14-8-20(35)30-11-14/h4-7,10,12-14,23,31H,8-9,11H2,1-3H3,(H,30,35)/t13-,14-,23-/m0/s1. The van der Waals surface area contributed by atoms with Crippen molar-refractivity contribution in [3.05, 3.63) is 52.9 Å². The molecule has 1 aliphatic heterocycles. The van der Waals surface area contributed by atoms with E-state index in [2.05, 4.69) is 20.7 Å². The third-order valence-corrected chi connectivity index (χ3v) is 6.54. The number of nitrogens with one attached hydrogen (secondary N) is 2. The lowest BCUT2D eigenvalue weighted by atomic mass is 10.0. The van der Waals surface area contributed by atoms with Gasteiger partial charge in [0.15, 0.2) is 16.8 Å². The van der Waals surface area contributed by atoms with Gasteiger partial charge in [-0.05, 0) is 30.5 Å². The topological polar surface area (TPSA) is 101 Å². The summed E-state index contributed by atoms with van der Waals surface area (Å²) in [5, 5.41) is 10.2. The highest BCUT2D eigenvalue weighted by atomic mass is 35.5. The van der Waals surface area contributed by atoms with E-state index in [0.717, 1.165) is 7.05 Å². The van der Waals surface area contributed by atoms with Crippen molar-refractivity contribution in [2.75, 3.05) is 26.0 Å². The van der Waals surface area contributed by atoms with E-state index < -0.39 is 24.2 Å².